The van der Waals surface area contributed by atoms with E-state index in [-0.39, 0.29) is 10.9 Å². The maximum Gasteiger partial charge on any atom is 0.354 e. The Hall–Kier alpha value is -1.95. The number of aromatic nitrogens is 1. The number of aromatic carboxylic acids is 1. The average molecular weight is 292 g/mol. The second-order valence-electron chi connectivity index (χ2n) is 4.57. The van der Waals surface area contributed by atoms with Gasteiger partial charge >= 0.3 is 5.97 Å². The fraction of sp³-hybridized carbons (Fsp3) is 0.286. The molecule has 2 aromatic rings. The van der Waals surface area contributed by atoms with E-state index in [1.807, 2.05) is 25.1 Å². The molecule has 5 nitrogen and oxygen atoms in total. The minimum absolute atomic E-state index is 0.00326. The summed E-state index contributed by atoms with van der Waals surface area (Å²) in [5, 5.41) is 13.1. The molecule has 1 aromatic heterocycles. The first kappa shape index (κ1) is 14.5. The number of rotatable bonds is 5. The zero-order chi connectivity index (χ0) is 14.7. The van der Waals surface area contributed by atoms with Crippen LogP contribution in [0, 0.1) is 0 Å². The minimum atomic E-state index is -1.06. The molecular formula is C14H16N2O3S. The van der Waals surface area contributed by atoms with Gasteiger partial charge in [-0.15, -0.1) is 0 Å². The van der Waals surface area contributed by atoms with Gasteiger partial charge in [0.05, 0.1) is 5.52 Å². The Kier molecular flexibility index (Phi) is 4.34. The summed E-state index contributed by atoms with van der Waals surface area (Å²) < 4.78 is 11.4. The molecule has 2 rings (SSSR count). The maximum absolute atomic E-state index is 11.4. The molecule has 2 N–H and O–H groups in total. The molecule has 0 aliphatic rings. The zero-order valence-electron chi connectivity index (χ0n) is 11.3. The predicted molar refractivity (Wildman–Crippen MR) is 80.7 cm³/mol. The van der Waals surface area contributed by atoms with Crippen LogP contribution >= 0.6 is 0 Å². The van der Waals surface area contributed by atoms with Crippen LogP contribution in [0.4, 0.5) is 5.69 Å². The molecule has 0 aliphatic heterocycles. The van der Waals surface area contributed by atoms with Crippen molar-refractivity contribution in [1.82, 2.24) is 4.98 Å². The van der Waals surface area contributed by atoms with Crippen molar-refractivity contribution in [1.29, 1.82) is 0 Å². The predicted octanol–water partition coefficient (Wildman–Crippen LogP) is 2.11. The first-order valence-electron chi connectivity index (χ1n) is 6.18. The fourth-order valence-electron chi connectivity index (χ4n) is 1.80. The summed E-state index contributed by atoms with van der Waals surface area (Å²) in [6, 6.07) is 8.85. The van der Waals surface area contributed by atoms with Gasteiger partial charge in [0.25, 0.3) is 0 Å². The van der Waals surface area contributed by atoms with Gasteiger partial charge < -0.3 is 10.4 Å². The molecule has 0 amide bonds. The van der Waals surface area contributed by atoms with E-state index >= 15 is 0 Å². The molecule has 0 fully saturated rings. The van der Waals surface area contributed by atoms with Crippen molar-refractivity contribution < 1.29 is 14.1 Å². The lowest BCUT2D eigenvalue weighted by atomic mass is 10.1. The van der Waals surface area contributed by atoms with Crippen molar-refractivity contribution in [2.24, 2.45) is 0 Å². The highest BCUT2D eigenvalue weighted by atomic mass is 32.2. The molecule has 0 radical (unpaired) electrons. The average Bonchev–Trinajstić information content (AvgIpc) is 2.43. The second-order valence-corrected chi connectivity index (χ2v) is 6.37. The lowest BCUT2D eigenvalue weighted by Crippen LogP contribution is -2.21. The van der Waals surface area contributed by atoms with Gasteiger partial charge in [0.15, 0.2) is 5.69 Å². The number of para-hydroxylation sites is 1. The molecule has 106 valence electrons. The Morgan fingerprint density at radius 2 is 2.15 bits per heavy atom. The van der Waals surface area contributed by atoms with Crippen LogP contribution in [0.15, 0.2) is 30.3 Å². The van der Waals surface area contributed by atoms with Crippen molar-refractivity contribution >= 4 is 33.4 Å². The molecule has 2 unspecified atom stereocenters. The van der Waals surface area contributed by atoms with Gasteiger partial charge in [-0.3, -0.25) is 4.21 Å². The molecule has 1 aromatic carbocycles. The van der Waals surface area contributed by atoms with Crippen LogP contribution in [0.5, 0.6) is 0 Å². The van der Waals surface area contributed by atoms with Gasteiger partial charge in [-0.05, 0) is 19.1 Å². The highest BCUT2D eigenvalue weighted by Crippen LogP contribution is 2.23. The van der Waals surface area contributed by atoms with Crippen LogP contribution in [0.1, 0.15) is 17.4 Å². The van der Waals surface area contributed by atoms with Crippen molar-refractivity contribution in [3.63, 3.8) is 0 Å². The molecule has 6 heteroatoms. The Bertz CT molecular complexity index is 673. The number of hydrogen-bond acceptors (Lipinski definition) is 4. The zero-order valence-corrected chi connectivity index (χ0v) is 12.1. The maximum atomic E-state index is 11.4. The molecule has 1 heterocycles. The van der Waals surface area contributed by atoms with Crippen LogP contribution in [0.2, 0.25) is 0 Å². The molecular weight excluding hydrogens is 276 g/mol. The number of anilines is 1. The van der Waals surface area contributed by atoms with E-state index in [0.29, 0.717) is 17.7 Å². The Morgan fingerprint density at radius 3 is 2.80 bits per heavy atom. The molecule has 20 heavy (non-hydrogen) atoms. The Morgan fingerprint density at radius 1 is 1.45 bits per heavy atom. The molecule has 2 atom stereocenters. The number of carbonyl (C=O) groups is 1. The number of carboxylic acids is 1. The van der Waals surface area contributed by atoms with Crippen LogP contribution in [0.25, 0.3) is 10.9 Å². The Labute approximate surface area is 119 Å². The summed E-state index contributed by atoms with van der Waals surface area (Å²) in [5.41, 5.74) is 1.32. The van der Waals surface area contributed by atoms with E-state index in [0.717, 1.165) is 5.39 Å². The summed E-state index contributed by atoms with van der Waals surface area (Å²) in [6.07, 6.45) is 1.65. The van der Waals surface area contributed by atoms with E-state index < -0.39 is 16.8 Å². The number of nitrogens with one attached hydrogen (secondary N) is 1. The normalized spacial score (nSPS) is 13.9. The molecule has 0 bridgehead atoms. The number of hydrogen-bond donors (Lipinski definition) is 2. The quantitative estimate of drug-likeness (QED) is 0.882. The Balaban J connectivity index is 2.39. The van der Waals surface area contributed by atoms with Gasteiger partial charge in [-0.1, -0.05) is 18.2 Å². The third-order valence-corrected chi connectivity index (χ3v) is 4.38. The van der Waals surface area contributed by atoms with Gasteiger partial charge in [0.1, 0.15) is 0 Å². The van der Waals surface area contributed by atoms with Gasteiger partial charge in [-0.25, -0.2) is 9.78 Å². The minimum Gasteiger partial charge on any atom is -0.477 e. The third-order valence-electron chi connectivity index (χ3n) is 3.08. The van der Waals surface area contributed by atoms with E-state index in [9.17, 15) is 9.00 Å². The largest absolute Gasteiger partial charge is 0.477 e. The summed E-state index contributed by atoms with van der Waals surface area (Å²) in [4.78, 5) is 15.2. The fourth-order valence-corrected chi connectivity index (χ4v) is 2.12. The number of nitrogens with zero attached hydrogens (tertiary/aromatic N) is 1. The highest BCUT2D eigenvalue weighted by molar-refractivity contribution is 7.84. The second kappa shape index (κ2) is 6.00. The first-order valence-corrected chi connectivity index (χ1v) is 7.80. The highest BCUT2D eigenvalue weighted by Gasteiger charge is 2.12. The molecule has 0 aliphatic carbocycles. The van der Waals surface area contributed by atoms with Crippen molar-refractivity contribution in [3.05, 3.63) is 36.0 Å². The van der Waals surface area contributed by atoms with Gasteiger partial charge in [0.2, 0.25) is 0 Å². The van der Waals surface area contributed by atoms with Crippen molar-refractivity contribution in [2.45, 2.75) is 12.2 Å². The molecule has 0 spiro atoms. The van der Waals surface area contributed by atoms with Crippen LogP contribution in [0.3, 0.4) is 0 Å². The number of carboxylic acid groups (broad SMARTS) is 1. The smallest absolute Gasteiger partial charge is 0.354 e. The van der Waals surface area contributed by atoms with Crippen molar-refractivity contribution in [3.8, 4) is 0 Å². The number of benzene rings is 1. The van der Waals surface area contributed by atoms with E-state index in [1.54, 1.807) is 12.3 Å². The number of pyridine rings is 1. The molecule has 0 saturated carbocycles. The van der Waals surface area contributed by atoms with Crippen LogP contribution < -0.4 is 5.32 Å². The summed E-state index contributed by atoms with van der Waals surface area (Å²) >= 11 is 0. The lowest BCUT2D eigenvalue weighted by molar-refractivity contribution is 0.0691. The van der Waals surface area contributed by atoms with E-state index in [4.69, 9.17) is 5.11 Å². The molecule has 0 saturated heterocycles. The van der Waals surface area contributed by atoms with Gasteiger partial charge in [0, 0.05) is 39.9 Å². The summed E-state index contributed by atoms with van der Waals surface area (Å²) in [6.45, 7) is 2.39. The first-order chi connectivity index (χ1) is 9.49. The van der Waals surface area contributed by atoms with Crippen LogP contribution in [-0.2, 0) is 10.8 Å². The topological polar surface area (TPSA) is 79.3 Å². The lowest BCUT2D eigenvalue weighted by Gasteiger charge is -2.13. The third kappa shape index (κ3) is 3.14. The summed E-state index contributed by atoms with van der Waals surface area (Å²) in [5.74, 6) is -1.06. The standard InChI is InChI=1S/C14H16N2O3S/c1-9(20(2)19)8-15-12-7-13(14(17)18)16-11-6-4-3-5-10(11)12/h3-7,9H,8H2,1-2H3,(H,15,16)(H,17,18). The monoisotopic (exact) mass is 292 g/mol. The number of fused-ring (bicyclic) bond motifs is 1. The van der Waals surface area contributed by atoms with E-state index in [1.165, 1.54) is 6.07 Å². The van der Waals surface area contributed by atoms with Gasteiger partial charge in [-0.2, -0.15) is 0 Å². The summed E-state index contributed by atoms with van der Waals surface area (Å²) in [7, 11) is -0.926. The van der Waals surface area contributed by atoms with Crippen LogP contribution in [-0.4, -0.2) is 38.3 Å². The van der Waals surface area contributed by atoms with Crippen molar-refractivity contribution in [2.75, 3.05) is 18.1 Å². The SMILES string of the molecule is CC(CNc1cc(C(=O)O)nc2ccccc12)S(C)=O. The van der Waals surface area contributed by atoms with E-state index in [2.05, 4.69) is 10.3 Å².